The van der Waals surface area contributed by atoms with Crippen LogP contribution in [-0.2, 0) is 28.6 Å². The predicted molar refractivity (Wildman–Crippen MR) is 157 cm³/mol. The number of thiazole rings is 1. The third kappa shape index (κ3) is 7.45. The first-order chi connectivity index (χ1) is 18.1. The Morgan fingerprint density at radius 3 is 2.44 bits per heavy atom. The van der Waals surface area contributed by atoms with Crippen LogP contribution in [0.2, 0.25) is 0 Å². The Hall–Kier alpha value is -2.34. The molecule has 2 N–H and O–H groups in total. The van der Waals surface area contributed by atoms with Crippen molar-refractivity contribution in [3.63, 3.8) is 0 Å². The largest absolute Gasteiger partial charge is 0.539 e. The molecule has 0 aliphatic carbocycles. The first kappa shape index (κ1) is 31.2. The molecule has 0 bridgehead atoms. The number of halogens is 1. The second-order valence-corrected chi connectivity index (χ2v) is 13.6. The van der Waals surface area contributed by atoms with Gasteiger partial charge in [0.15, 0.2) is 10.8 Å². The van der Waals surface area contributed by atoms with Gasteiger partial charge >= 0.3 is 20.1 Å². The number of nitrogens with zero attached hydrogens (tertiary/aromatic N) is 3. The molecule has 1 aromatic heterocycles. The number of carbonyl (C=O) groups excluding carboxylic acids is 4. The third-order valence-electron chi connectivity index (χ3n) is 5.13. The average molecular weight is 689 g/mol. The Morgan fingerprint density at radius 1 is 1.21 bits per heavy atom. The minimum Gasteiger partial charge on any atom is -0.539 e. The maximum absolute atomic E-state index is 13.4. The number of ether oxygens (including phenoxy) is 1. The zero-order chi connectivity index (χ0) is 29.3. The van der Waals surface area contributed by atoms with Crippen molar-refractivity contribution in [3.05, 3.63) is 22.3 Å². The monoisotopic (exact) mass is 689 g/mol. The molecule has 1 fully saturated rings. The Labute approximate surface area is 249 Å². The zero-order valence-corrected chi connectivity index (χ0v) is 26.3. The molecule has 1 aromatic rings. The lowest BCUT2D eigenvalue weighted by Crippen LogP contribution is -2.71. The molecule has 39 heavy (non-hydrogen) atoms. The molecule has 210 valence electrons. The fourth-order valence-electron chi connectivity index (χ4n) is 3.50. The van der Waals surface area contributed by atoms with E-state index in [4.69, 9.17) is 17.6 Å². The third-order valence-corrected chi connectivity index (χ3v) is 8.17. The van der Waals surface area contributed by atoms with E-state index < -0.39 is 46.5 Å². The summed E-state index contributed by atoms with van der Waals surface area (Å²) < 4.78 is 10.2. The van der Waals surface area contributed by atoms with Crippen LogP contribution in [0.1, 0.15) is 54.2 Å². The highest BCUT2D eigenvalue weighted by molar-refractivity contribution is 14.1. The first-order valence-electron chi connectivity index (χ1n) is 11.8. The normalized spacial score (nSPS) is 21.5. The van der Waals surface area contributed by atoms with Gasteiger partial charge in [-0.3, -0.25) is 19.8 Å². The lowest BCUT2D eigenvalue weighted by atomic mass is 10.0. The highest BCUT2D eigenvalue weighted by Crippen LogP contribution is 2.44. The van der Waals surface area contributed by atoms with Gasteiger partial charge in [0.05, 0.1) is 0 Å². The molecule has 3 amide bonds. The van der Waals surface area contributed by atoms with Crippen LogP contribution in [0.5, 0.6) is 0 Å². The zero-order valence-electron chi connectivity index (χ0n) is 22.5. The van der Waals surface area contributed by atoms with Crippen molar-refractivity contribution in [2.24, 2.45) is 5.16 Å². The Kier molecular flexibility index (Phi) is 9.63. The molecule has 0 spiro atoms. The number of fused-ring (bicyclic) bond motifs is 1. The summed E-state index contributed by atoms with van der Waals surface area (Å²) in [6, 6.07) is -0.945. The molecule has 2 aliphatic rings. The number of carbonyl (C=O) groups is 4. The van der Waals surface area contributed by atoms with E-state index in [2.05, 4.69) is 48.0 Å². The maximum atomic E-state index is 13.4. The smallest absolute Gasteiger partial charge is 0.413 e. The van der Waals surface area contributed by atoms with Gasteiger partial charge in [0, 0.05) is 15.1 Å². The number of rotatable bonds is 7. The van der Waals surface area contributed by atoms with Crippen molar-refractivity contribution in [1.29, 1.82) is 0 Å². The molecule has 1 saturated heterocycles. The standard InChI is InChI=1S/C23H29BIN5O7S2/c1-10-11(8-25)15(19(33)36-24)30-17(32)14(18(30)39-10)27-16(31)13(29-37-23(5,6)7)12-9-38-20(26-12)28-21(34)35-22(2,3)4/h9-10,14,18H,8H2,1-7H3,(H,27,31)(H,26,28,34)/b29-13-/t10-,14+,18+/m0/s1. The highest BCUT2D eigenvalue weighted by Gasteiger charge is 2.55. The van der Waals surface area contributed by atoms with Crippen LogP contribution in [0.15, 0.2) is 21.8 Å². The van der Waals surface area contributed by atoms with Crippen molar-refractivity contribution < 1.29 is 33.4 Å². The first-order valence-corrected chi connectivity index (χ1v) is 15.1. The molecule has 16 heteroatoms. The van der Waals surface area contributed by atoms with E-state index in [0.29, 0.717) is 4.43 Å². The number of amides is 3. The fourth-order valence-corrected chi connectivity index (χ4v) is 6.95. The lowest BCUT2D eigenvalue weighted by Gasteiger charge is -2.51. The van der Waals surface area contributed by atoms with E-state index in [1.165, 1.54) is 22.0 Å². The number of β-lactam (4-membered cyclic amide) rings is 1. The van der Waals surface area contributed by atoms with E-state index in [-0.39, 0.29) is 27.5 Å². The maximum Gasteiger partial charge on any atom is 0.413 e. The van der Waals surface area contributed by atoms with Crippen LogP contribution in [0, 0.1) is 0 Å². The van der Waals surface area contributed by atoms with Gasteiger partial charge in [-0.2, -0.15) is 0 Å². The molecular weight excluding hydrogens is 660 g/mol. The Balaban J connectivity index is 1.83. The minimum atomic E-state index is -0.945. The Morgan fingerprint density at radius 2 is 1.87 bits per heavy atom. The molecule has 2 radical (unpaired) electrons. The summed E-state index contributed by atoms with van der Waals surface area (Å²) in [5, 5.41) is 10.3. The van der Waals surface area contributed by atoms with Gasteiger partial charge in [-0.1, -0.05) is 27.7 Å². The predicted octanol–water partition coefficient (Wildman–Crippen LogP) is 3.11. The van der Waals surface area contributed by atoms with Gasteiger partial charge in [0.1, 0.15) is 34.0 Å². The van der Waals surface area contributed by atoms with E-state index in [1.807, 2.05) is 6.92 Å². The summed E-state index contributed by atoms with van der Waals surface area (Å²) in [5.74, 6) is -2.02. The second-order valence-electron chi connectivity index (χ2n) is 10.5. The molecule has 3 rings (SSSR count). The van der Waals surface area contributed by atoms with Crippen molar-refractivity contribution >= 4 is 88.5 Å². The summed E-state index contributed by atoms with van der Waals surface area (Å²) in [7, 11) is 5.12. The van der Waals surface area contributed by atoms with Crippen molar-refractivity contribution in [2.75, 3.05) is 9.74 Å². The van der Waals surface area contributed by atoms with Gasteiger partial charge < -0.3 is 19.5 Å². The van der Waals surface area contributed by atoms with Gasteiger partial charge in [-0.15, -0.1) is 23.1 Å². The Bertz CT molecular complexity index is 1220. The summed E-state index contributed by atoms with van der Waals surface area (Å²) in [5.41, 5.74) is -0.679. The molecule has 2 aliphatic heterocycles. The van der Waals surface area contributed by atoms with Crippen molar-refractivity contribution in [3.8, 4) is 0 Å². The molecule has 0 saturated carbocycles. The lowest BCUT2D eigenvalue weighted by molar-refractivity contribution is -0.149. The summed E-state index contributed by atoms with van der Waals surface area (Å²) in [6.07, 6.45) is -0.702. The molecule has 0 unspecified atom stereocenters. The van der Waals surface area contributed by atoms with Gasteiger partial charge in [0.25, 0.3) is 11.8 Å². The van der Waals surface area contributed by atoms with Crippen LogP contribution in [0.4, 0.5) is 9.93 Å². The average Bonchev–Trinajstić information content (AvgIpc) is 3.27. The van der Waals surface area contributed by atoms with Crippen molar-refractivity contribution in [1.82, 2.24) is 15.2 Å². The summed E-state index contributed by atoms with van der Waals surface area (Å²) >= 11 is 4.60. The van der Waals surface area contributed by atoms with Crippen LogP contribution >= 0.6 is 45.7 Å². The minimum absolute atomic E-state index is 0.0981. The van der Waals surface area contributed by atoms with Gasteiger partial charge in [-0.05, 0) is 54.0 Å². The SMILES string of the molecule is [B]OC(=O)C1=C(CI)[C@H](C)S[C@@H]2[C@H](NC(=O)/C(=N\OC(C)(C)C)c3csc(NC(=O)OC(C)(C)C)n3)C(=O)N12. The topological polar surface area (TPSA) is 149 Å². The van der Waals surface area contributed by atoms with E-state index in [1.54, 1.807) is 41.5 Å². The summed E-state index contributed by atoms with van der Waals surface area (Å²) in [6.45, 7) is 12.4. The molecule has 0 aromatic carbocycles. The highest BCUT2D eigenvalue weighted by atomic mass is 127. The molecular formula is C23H29BIN5O7S2. The molecule has 3 atom stereocenters. The number of oxime groups is 1. The number of anilines is 1. The van der Waals surface area contributed by atoms with Crippen LogP contribution in [-0.4, -0.2) is 79.8 Å². The van der Waals surface area contributed by atoms with E-state index in [9.17, 15) is 19.2 Å². The molecule has 3 heterocycles. The number of hydrogen-bond acceptors (Lipinski definition) is 11. The number of thioether (sulfide) groups is 1. The number of nitrogens with one attached hydrogen (secondary N) is 2. The van der Waals surface area contributed by atoms with Crippen LogP contribution in [0.3, 0.4) is 0 Å². The fraction of sp³-hybridized carbons (Fsp3) is 0.565. The van der Waals surface area contributed by atoms with Gasteiger partial charge in [-0.25, -0.2) is 14.6 Å². The van der Waals surface area contributed by atoms with Crippen molar-refractivity contribution in [2.45, 2.75) is 76.3 Å². The quantitative estimate of drug-likeness (QED) is 0.110. The second kappa shape index (κ2) is 12.0. The summed E-state index contributed by atoms with van der Waals surface area (Å²) in [4.78, 5) is 62.1. The van der Waals surface area contributed by atoms with Crippen LogP contribution < -0.4 is 10.6 Å². The van der Waals surface area contributed by atoms with E-state index in [0.717, 1.165) is 16.9 Å². The van der Waals surface area contributed by atoms with E-state index >= 15 is 0 Å². The number of alkyl halides is 1. The van der Waals surface area contributed by atoms with Crippen LogP contribution in [0.25, 0.3) is 0 Å². The van der Waals surface area contributed by atoms with Gasteiger partial charge in [0.2, 0.25) is 0 Å². The number of aromatic nitrogens is 1. The number of hydrogen-bond donors (Lipinski definition) is 2. The molecule has 12 nitrogen and oxygen atoms in total.